The van der Waals surface area contributed by atoms with Gasteiger partial charge in [-0.15, -0.1) is 0 Å². The lowest BCUT2D eigenvalue weighted by molar-refractivity contribution is -0.118. The van der Waals surface area contributed by atoms with Crippen LogP contribution in [0.3, 0.4) is 0 Å². The minimum Gasteiger partial charge on any atom is -0.399 e. The summed E-state index contributed by atoms with van der Waals surface area (Å²) in [6.07, 6.45) is 0. The second-order valence-electron chi connectivity index (χ2n) is 4.57. The molecule has 0 heterocycles. The average molecular weight is 314 g/mol. The Balaban J connectivity index is 3.08. The zero-order valence-electron chi connectivity index (χ0n) is 12.3. The lowest BCUT2D eigenvalue weighted by Crippen LogP contribution is -2.46. The Morgan fingerprint density at radius 3 is 2.29 bits per heavy atom. The van der Waals surface area contributed by atoms with E-state index >= 15 is 0 Å². The normalized spacial score (nSPS) is 12.0. The molecule has 118 valence electrons. The fourth-order valence-electron chi connectivity index (χ4n) is 2.00. The molecule has 21 heavy (non-hydrogen) atoms. The third-order valence-corrected chi connectivity index (χ3v) is 5.08. The van der Waals surface area contributed by atoms with Crippen molar-refractivity contribution in [2.75, 3.05) is 25.4 Å². The zero-order chi connectivity index (χ0) is 16.0. The highest BCUT2D eigenvalue weighted by molar-refractivity contribution is 7.86. The first-order valence-corrected chi connectivity index (χ1v) is 8.08. The van der Waals surface area contributed by atoms with Gasteiger partial charge in [-0.2, -0.15) is 17.0 Å². The Kier molecular flexibility index (Phi) is 6.13. The van der Waals surface area contributed by atoms with Gasteiger partial charge in [-0.05, 0) is 17.7 Å². The van der Waals surface area contributed by atoms with Gasteiger partial charge in [0.05, 0.1) is 6.54 Å². The molecule has 0 saturated heterocycles. The van der Waals surface area contributed by atoms with Crippen LogP contribution in [0.25, 0.3) is 0 Å². The fraction of sp³-hybridized carbons (Fsp3) is 0.462. The van der Waals surface area contributed by atoms with Crippen LogP contribution < -0.4 is 11.5 Å². The molecule has 0 spiro atoms. The second-order valence-corrected chi connectivity index (χ2v) is 6.50. The number of nitrogen functional groups attached to an aromatic ring is 1. The number of primary amides is 1. The molecule has 0 fully saturated rings. The van der Waals surface area contributed by atoms with Crippen molar-refractivity contribution in [2.45, 2.75) is 20.4 Å². The van der Waals surface area contributed by atoms with E-state index in [-0.39, 0.29) is 13.1 Å². The van der Waals surface area contributed by atoms with Gasteiger partial charge in [-0.1, -0.05) is 26.0 Å². The van der Waals surface area contributed by atoms with Crippen molar-refractivity contribution in [3.8, 4) is 0 Å². The van der Waals surface area contributed by atoms with Crippen molar-refractivity contribution in [1.29, 1.82) is 0 Å². The molecule has 0 bridgehead atoms. The molecule has 1 rings (SSSR count). The fourth-order valence-corrected chi connectivity index (χ4v) is 3.58. The highest BCUT2D eigenvalue weighted by Crippen LogP contribution is 2.15. The van der Waals surface area contributed by atoms with E-state index in [2.05, 4.69) is 0 Å². The molecular formula is C13H22N4O3S. The first-order chi connectivity index (χ1) is 9.81. The summed E-state index contributed by atoms with van der Waals surface area (Å²) in [6.45, 7) is 3.81. The molecule has 0 aliphatic heterocycles. The predicted octanol–water partition coefficient (Wildman–Crippen LogP) is 0.143. The van der Waals surface area contributed by atoms with Gasteiger partial charge in [0, 0.05) is 25.3 Å². The van der Waals surface area contributed by atoms with Crippen LogP contribution in [0.5, 0.6) is 0 Å². The van der Waals surface area contributed by atoms with Crippen LogP contribution in [-0.2, 0) is 21.5 Å². The smallest absolute Gasteiger partial charge is 0.282 e. The quantitative estimate of drug-likeness (QED) is 0.665. The van der Waals surface area contributed by atoms with Crippen LogP contribution in [0.1, 0.15) is 19.4 Å². The Hall–Kier alpha value is -1.64. The summed E-state index contributed by atoms with van der Waals surface area (Å²) in [6, 6.07) is 6.87. The van der Waals surface area contributed by atoms with E-state index in [1.807, 2.05) is 0 Å². The Bertz CT molecular complexity index is 585. The largest absolute Gasteiger partial charge is 0.399 e. The predicted molar refractivity (Wildman–Crippen MR) is 82.3 cm³/mol. The van der Waals surface area contributed by atoms with E-state index in [4.69, 9.17) is 11.5 Å². The van der Waals surface area contributed by atoms with Crippen molar-refractivity contribution in [3.05, 3.63) is 29.8 Å². The van der Waals surface area contributed by atoms with Crippen LogP contribution in [0.4, 0.5) is 5.69 Å². The van der Waals surface area contributed by atoms with E-state index in [9.17, 15) is 13.2 Å². The highest BCUT2D eigenvalue weighted by atomic mass is 32.2. The maximum Gasteiger partial charge on any atom is 0.282 e. The van der Waals surface area contributed by atoms with E-state index in [1.54, 1.807) is 38.1 Å². The van der Waals surface area contributed by atoms with E-state index in [0.29, 0.717) is 24.3 Å². The molecule has 0 aliphatic rings. The molecule has 0 saturated carbocycles. The van der Waals surface area contributed by atoms with Gasteiger partial charge < -0.3 is 11.5 Å². The molecule has 1 aromatic carbocycles. The molecule has 7 nitrogen and oxygen atoms in total. The van der Waals surface area contributed by atoms with Gasteiger partial charge in [0.25, 0.3) is 10.2 Å². The number of nitrogens with zero attached hydrogens (tertiary/aromatic N) is 2. The second kappa shape index (κ2) is 7.39. The number of nitrogens with two attached hydrogens (primary N) is 2. The molecule has 0 aliphatic carbocycles. The molecule has 1 amide bonds. The first-order valence-electron chi connectivity index (χ1n) is 6.69. The van der Waals surface area contributed by atoms with Crippen molar-refractivity contribution in [3.63, 3.8) is 0 Å². The summed E-state index contributed by atoms with van der Waals surface area (Å²) in [5.41, 5.74) is 12.1. The van der Waals surface area contributed by atoms with Crippen molar-refractivity contribution in [2.24, 2.45) is 5.73 Å². The number of hydrogen-bond acceptors (Lipinski definition) is 4. The topological polar surface area (TPSA) is 110 Å². The molecule has 4 N–H and O–H groups in total. The molecule has 0 radical (unpaired) electrons. The number of carbonyl (C=O) groups is 1. The summed E-state index contributed by atoms with van der Waals surface area (Å²) in [5.74, 6) is -0.699. The molecule has 1 aromatic rings. The monoisotopic (exact) mass is 314 g/mol. The van der Waals surface area contributed by atoms with E-state index in [1.165, 1.54) is 4.31 Å². The Labute approximate surface area is 125 Å². The average Bonchev–Trinajstić information content (AvgIpc) is 2.38. The summed E-state index contributed by atoms with van der Waals surface area (Å²) in [5, 5.41) is 0. The highest BCUT2D eigenvalue weighted by Gasteiger charge is 2.28. The van der Waals surface area contributed by atoms with Gasteiger partial charge in [-0.25, -0.2) is 0 Å². The third kappa shape index (κ3) is 4.69. The number of anilines is 1. The van der Waals surface area contributed by atoms with Crippen molar-refractivity contribution in [1.82, 2.24) is 8.61 Å². The lowest BCUT2D eigenvalue weighted by Gasteiger charge is -2.27. The molecule has 0 aromatic heterocycles. The summed E-state index contributed by atoms with van der Waals surface area (Å²) in [7, 11) is -3.74. The lowest BCUT2D eigenvalue weighted by atomic mass is 10.2. The molecule has 8 heteroatoms. The summed E-state index contributed by atoms with van der Waals surface area (Å²) >= 11 is 0. The number of amides is 1. The molecular weight excluding hydrogens is 292 g/mol. The van der Waals surface area contributed by atoms with E-state index < -0.39 is 16.1 Å². The van der Waals surface area contributed by atoms with Gasteiger partial charge in [0.1, 0.15) is 0 Å². The maximum absolute atomic E-state index is 12.5. The number of hydrogen-bond donors (Lipinski definition) is 2. The standard InChI is InChI=1S/C13H22N4O3S/c1-3-16(4-2)21(19,20)17(10-13(15)18)9-11-6-5-7-12(14)8-11/h5-8H,3-4,9-10,14H2,1-2H3,(H2,15,18). The third-order valence-electron chi connectivity index (χ3n) is 3.00. The van der Waals surface area contributed by atoms with Crippen LogP contribution in [0.15, 0.2) is 24.3 Å². The van der Waals surface area contributed by atoms with Crippen LogP contribution >= 0.6 is 0 Å². The van der Waals surface area contributed by atoms with E-state index in [0.717, 1.165) is 4.31 Å². The number of carbonyl (C=O) groups excluding carboxylic acids is 1. The van der Waals surface area contributed by atoms with Gasteiger partial charge >= 0.3 is 0 Å². The SMILES string of the molecule is CCN(CC)S(=O)(=O)N(CC(N)=O)Cc1cccc(N)c1. The Morgan fingerprint density at radius 1 is 1.19 bits per heavy atom. The maximum atomic E-state index is 12.5. The minimum absolute atomic E-state index is 0.0484. The zero-order valence-corrected chi connectivity index (χ0v) is 13.1. The molecule has 0 atom stereocenters. The number of benzene rings is 1. The Morgan fingerprint density at radius 2 is 1.81 bits per heavy atom. The number of rotatable bonds is 8. The summed E-state index contributed by atoms with van der Waals surface area (Å²) < 4.78 is 27.4. The van der Waals surface area contributed by atoms with Crippen molar-refractivity contribution < 1.29 is 13.2 Å². The van der Waals surface area contributed by atoms with Gasteiger partial charge in [0.2, 0.25) is 5.91 Å². The molecule has 0 unspecified atom stereocenters. The van der Waals surface area contributed by atoms with Crippen molar-refractivity contribution >= 4 is 21.8 Å². The summed E-state index contributed by atoms with van der Waals surface area (Å²) in [4.78, 5) is 11.2. The van der Waals surface area contributed by atoms with Gasteiger partial charge in [0.15, 0.2) is 0 Å². The first kappa shape index (κ1) is 17.4. The van der Waals surface area contributed by atoms with Gasteiger partial charge in [-0.3, -0.25) is 4.79 Å². The van der Waals surface area contributed by atoms with Crippen LogP contribution in [-0.4, -0.2) is 42.6 Å². The van der Waals surface area contributed by atoms with Crippen LogP contribution in [0, 0.1) is 0 Å². The van der Waals surface area contributed by atoms with Crippen LogP contribution in [0.2, 0.25) is 0 Å². The minimum atomic E-state index is -3.74.